The van der Waals surface area contributed by atoms with E-state index in [9.17, 15) is 14.0 Å². The molecular formula is C15H18FNO4. The van der Waals surface area contributed by atoms with Crippen LogP contribution >= 0.6 is 0 Å². The van der Waals surface area contributed by atoms with Crippen LogP contribution in [0.2, 0.25) is 0 Å². The predicted molar refractivity (Wildman–Crippen MR) is 73.5 cm³/mol. The van der Waals surface area contributed by atoms with Crippen molar-refractivity contribution < 1.29 is 23.8 Å². The highest BCUT2D eigenvalue weighted by atomic mass is 19.1. The first-order valence-electron chi connectivity index (χ1n) is 6.99. The van der Waals surface area contributed by atoms with Crippen molar-refractivity contribution >= 4 is 11.9 Å². The van der Waals surface area contributed by atoms with Crippen molar-refractivity contribution in [3.8, 4) is 5.75 Å². The summed E-state index contributed by atoms with van der Waals surface area (Å²) in [7, 11) is 0. The fraction of sp³-hybridized carbons (Fsp3) is 0.467. The third-order valence-electron chi connectivity index (χ3n) is 3.57. The normalized spacial score (nSPS) is 19.3. The number of hydrogen-bond donors (Lipinski definition) is 1. The molecule has 0 spiro atoms. The van der Waals surface area contributed by atoms with Gasteiger partial charge < -0.3 is 14.7 Å². The van der Waals surface area contributed by atoms with E-state index in [-0.39, 0.29) is 5.75 Å². The Morgan fingerprint density at radius 1 is 1.48 bits per heavy atom. The second kappa shape index (κ2) is 6.56. The number of ether oxygens (including phenoxy) is 1. The van der Waals surface area contributed by atoms with E-state index in [2.05, 4.69) is 0 Å². The molecule has 1 fully saturated rings. The Hall–Kier alpha value is -2.11. The number of para-hydroxylation sites is 1. The molecule has 114 valence electrons. The fourth-order valence-electron chi connectivity index (χ4n) is 2.47. The van der Waals surface area contributed by atoms with E-state index in [4.69, 9.17) is 9.84 Å². The molecule has 0 radical (unpaired) electrons. The number of carbonyl (C=O) groups excluding carboxylic acids is 1. The number of carbonyl (C=O) groups is 2. The van der Waals surface area contributed by atoms with Crippen molar-refractivity contribution in [2.75, 3.05) is 6.54 Å². The maximum atomic E-state index is 13.6. The molecule has 1 N–H and O–H groups in total. The third kappa shape index (κ3) is 3.32. The highest BCUT2D eigenvalue weighted by Gasteiger charge is 2.37. The Balaban J connectivity index is 2.12. The van der Waals surface area contributed by atoms with E-state index in [0.717, 1.165) is 0 Å². The van der Waals surface area contributed by atoms with Crippen molar-refractivity contribution in [3.63, 3.8) is 0 Å². The third-order valence-corrected chi connectivity index (χ3v) is 3.57. The van der Waals surface area contributed by atoms with Gasteiger partial charge >= 0.3 is 5.97 Å². The summed E-state index contributed by atoms with van der Waals surface area (Å²) in [4.78, 5) is 24.9. The molecule has 21 heavy (non-hydrogen) atoms. The molecule has 2 atom stereocenters. The molecular weight excluding hydrogens is 277 g/mol. The number of hydrogen-bond acceptors (Lipinski definition) is 3. The number of carboxylic acids is 1. The van der Waals surface area contributed by atoms with Gasteiger partial charge in [-0.15, -0.1) is 0 Å². The number of carboxylic acid groups (broad SMARTS) is 1. The van der Waals surface area contributed by atoms with Gasteiger partial charge in [-0.05, 0) is 31.4 Å². The lowest BCUT2D eigenvalue weighted by molar-refractivity contribution is -0.151. The van der Waals surface area contributed by atoms with Crippen LogP contribution in [-0.4, -0.2) is 40.6 Å². The summed E-state index contributed by atoms with van der Waals surface area (Å²) >= 11 is 0. The largest absolute Gasteiger partial charge is 0.480 e. The van der Waals surface area contributed by atoms with Gasteiger partial charge in [-0.2, -0.15) is 0 Å². The minimum Gasteiger partial charge on any atom is -0.480 e. The molecule has 5 nitrogen and oxygen atoms in total. The first-order chi connectivity index (χ1) is 10.0. The lowest BCUT2D eigenvalue weighted by Gasteiger charge is -2.26. The zero-order valence-corrected chi connectivity index (χ0v) is 11.8. The highest BCUT2D eigenvalue weighted by molar-refractivity contribution is 5.87. The molecule has 1 heterocycles. The standard InChI is InChI=1S/C15H18FNO4/c1-2-12(21-13-8-4-3-6-10(13)16)14(18)17-9-5-7-11(17)15(19)20/h3-4,6,8,11-12H,2,5,7,9H2,1H3,(H,19,20)/t11-,12?/m0/s1. The molecule has 1 aromatic rings. The Labute approximate surface area is 122 Å². The summed E-state index contributed by atoms with van der Waals surface area (Å²) in [5, 5.41) is 9.13. The van der Waals surface area contributed by atoms with Gasteiger partial charge in [0.05, 0.1) is 0 Å². The second-order valence-electron chi connectivity index (χ2n) is 4.97. The smallest absolute Gasteiger partial charge is 0.326 e. The van der Waals surface area contributed by atoms with Crippen molar-refractivity contribution in [1.82, 2.24) is 4.90 Å². The second-order valence-corrected chi connectivity index (χ2v) is 4.97. The molecule has 1 amide bonds. The Morgan fingerprint density at radius 2 is 2.19 bits per heavy atom. The Bertz CT molecular complexity index is 534. The average Bonchev–Trinajstić information content (AvgIpc) is 2.95. The summed E-state index contributed by atoms with van der Waals surface area (Å²) in [6, 6.07) is 5.04. The van der Waals surface area contributed by atoms with E-state index in [1.54, 1.807) is 13.0 Å². The van der Waals surface area contributed by atoms with E-state index in [0.29, 0.717) is 25.8 Å². The Kier molecular flexibility index (Phi) is 4.77. The van der Waals surface area contributed by atoms with Crippen LogP contribution in [0.4, 0.5) is 4.39 Å². The molecule has 1 saturated heterocycles. The molecule has 1 unspecified atom stereocenters. The van der Waals surface area contributed by atoms with Crippen LogP contribution in [0.25, 0.3) is 0 Å². The summed E-state index contributed by atoms with van der Waals surface area (Å²) in [6.45, 7) is 2.14. The molecule has 1 aromatic carbocycles. The van der Waals surface area contributed by atoms with Crippen molar-refractivity contribution in [2.24, 2.45) is 0 Å². The highest BCUT2D eigenvalue weighted by Crippen LogP contribution is 2.23. The lowest BCUT2D eigenvalue weighted by atomic mass is 10.2. The van der Waals surface area contributed by atoms with Gasteiger partial charge in [0.15, 0.2) is 17.7 Å². The van der Waals surface area contributed by atoms with Gasteiger partial charge in [-0.25, -0.2) is 9.18 Å². The van der Waals surface area contributed by atoms with Gasteiger partial charge in [0, 0.05) is 6.54 Å². The first kappa shape index (κ1) is 15.3. The van der Waals surface area contributed by atoms with Crippen molar-refractivity contribution in [1.29, 1.82) is 0 Å². The van der Waals surface area contributed by atoms with E-state index < -0.39 is 29.8 Å². The van der Waals surface area contributed by atoms with Gasteiger partial charge in [-0.3, -0.25) is 4.79 Å². The number of nitrogens with zero attached hydrogens (tertiary/aromatic N) is 1. The van der Waals surface area contributed by atoms with Gasteiger partial charge in [0.25, 0.3) is 5.91 Å². The number of halogens is 1. The summed E-state index contributed by atoms with van der Waals surface area (Å²) < 4.78 is 19.0. The molecule has 2 rings (SSSR count). The first-order valence-corrected chi connectivity index (χ1v) is 6.99. The minimum atomic E-state index is -1.01. The van der Waals surface area contributed by atoms with Crippen molar-refractivity contribution in [2.45, 2.75) is 38.3 Å². The van der Waals surface area contributed by atoms with E-state index in [1.165, 1.54) is 23.1 Å². The topological polar surface area (TPSA) is 66.8 Å². The van der Waals surface area contributed by atoms with Crippen LogP contribution < -0.4 is 4.74 Å². The average molecular weight is 295 g/mol. The Morgan fingerprint density at radius 3 is 2.81 bits per heavy atom. The van der Waals surface area contributed by atoms with Crippen molar-refractivity contribution in [3.05, 3.63) is 30.1 Å². The molecule has 1 aliphatic heterocycles. The molecule has 0 saturated carbocycles. The zero-order valence-electron chi connectivity index (χ0n) is 11.8. The van der Waals surface area contributed by atoms with Crippen LogP contribution in [0.1, 0.15) is 26.2 Å². The SMILES string of the molecule is CCC(Oc1ccccc1F)C(=O)N1CCC[C@H]1C(=O)O. The number of likely N-dealkylation sites (tertiary alicyclic amines) is 1. The van der Waals surface area contributed by atoms with Crippen LogP contribution in [0, 0.1) is 5.82 Å². The molecule has 0 aliphatic carbocycles. The van der Waals surface area contributed by atoms with Gasteiger partial charge in [0.1, 0.15) is 6.04 Å². The monoisotopic (exact) mass is 295 g/mol. The number of benzene rings is 1. The maximum absolute atomic E-state index is 13.6. The zero-order chi connectivity index (χ0) is 15.4. The fourth-order valence-corrected chi connectivity index (χ4v) is 2.47. The van der Waals surface area contributed by atoms with Crippen LogP contribution in [-0.2, 0) is 9.59 Å². The molecule has 1 aliphatic rings. The summed E-state index contributed by atoms with van der Waals surface area (Å²) in [6.07, 6.45) is 0.563. The quantitative estimate of drug-likeness (QED) is 0.903. The summed E-state index contributed by atoms with van der Waals surface area (Å²) in [5.74, 6) is -1.95. The molecule has 0 bridgehead atoms. The number of amides is 1. The van der Waals surface area contributed by atoms with Crippen LogP contribution in [0.5, 0.6) is 5.75 Å². The van der Waals surface area contributed by atoms with Gasteiger partial charge in [-0.1, -0.05) is 19.1 Å². The number of aliphatic carboxylic acids is 1. The minimum absolute atomic E-state index is 0.00349. The number of rotatable bonds is 5. The van der Waals surface area contributed by atoms with Gasteiger partial charge in [0.2, 0.25) is 0 Å². The van der Waals surface area contributed by atoms with E-state index in [1.807, 2.05) is 0 Å². The van der Waals surface area contributed by atoms with Crippen LogP contribution in [0.15, 0.2) is 24.3 Å². The van der Waals surface area contributed by atoms with E-state index >= 15 is 0 Å². The molecule has 6 heteroatoms. The summed E-state index contributed by atoms with van der Waals surface area (Å²) in [5.41, 5.74) is 0. The molecule has 0 aromatic heterocycles. The maximum Gasteiger partial charge on any atom is 0.326 e. The predicted octanol–water partition coefficient (Wildman–Crippen LogP) is 2.06. The van der Waals surface area contributed by atoms with Crippen LogP contribution in [0.3, 0.4) is 0 Å². The lowest BCUT2D eigenvalue weighted by Crippen LogP contribution is -2.47.